The van der Waals surface area contributed by atoms with E-state index in [1.165, 1.54) is 0 Å². The molecule has 0 saturated carbocycles. The average molecular weight is 261 g/mol. The molecule has 102 valence electrons. The van der Waals surface area contributed by atoms with E-state index in [-0.39, 0.29) is 11.9 Å². The van der Waals surface area contributed by atoms with Gasteiger partial charge in [-0.3, -0.25) is 4.79 Å². The van der Waals surface area contributed by atoms with E-state index in [1.54, 1.807) is 7.11 Å². The second kappa shape index (κ2) is 5.78. The molecule has 0 bridgehead atoms. The molecule has 4 heteroatoms. The molecule has 1 atom stereocenters. The Labute approximate surface area is 112 Å². The first kappa shape index (κ1) is 13.5. The van der Waals surface area contributed by atoms with Crippen molar-refractivity contribution in [2.45, 2.75) is 20.3 Å². The zero-order valence-corrected chi connectivity index (χ0v) is 11.5. The molecule has 2 aromatic rings. The maximum atomic E-state index is 11.7. The molecule has 0 aliphatic heterocycles. The monoisotopic (exact) mass is 261 g/mol. The number of ether oxygens (including phenoxy) is 2. The van der Waals surface area contributed by atoms with Crippen LogP contribution in [0.4, 0.5) is 0 Å². The smallest absolute Gasteiger partial charge is 0.308 e. The zero-order valence-electron chi connectivity index (χ0n) is 11.5. The second-order valence-corrected chi connectivity index (χ2v) is 4.58. The van der Waals surface area contributed by atoms with Crippen LogP contribution in [0.15, 0.2) is 24.4 Å². The van der Waals surface area contributed by atoms with Gasteiger partial charge in [-0.1, -0.05) is 6.92 Å². The summed E-state index contributed by atoms with van der Waals surface area (Å²) in [4.78, 5) is 14.9. The van der Waals surface area contributed by atoms with Crippen molar-refractivity contribution in [3.8, 4) is 5.75 Å². The van der Waals surface area contributed by atoms with Gasteiger partial charge in [-0.25, -0.2) is 0 Å². The Hall–Kier alpha value is -1.97. The van der Waals surface area contributed by atoms with Gasteiger partial charge in [0.25, 0.3) is 0 Å². The Bertz CT molecular complexity index is 574. The third-order valence-electron chi connectivity index (χ3n) is 3.19. The van der Waals surface area contributed by atoms with Crippen LogP contribution < -0.4 is 4.74 Å². The molecule has 0 radical (unpaired) electrons. The summed E-state index contributed by atoms with van der Waals surface area (Å²) < 4.78 is 10.3. The Morgan fingerprint density at radius 3 is 2.89 bits per heavy atom. The number of carbonyl (C=O) groups excluding carboxylic acids is 1. The number of carbonyl (C=O) groups is 1. The van der Waals surface area contributed by atoms with Crippen molar-refractivity contribution in [2.24, 2.45) is 5.92 Å². The number of H-pyrrole nitrogens is 1. The largest absolute Gasteiger partial charge is 0.497 e. The van der Waals surface area contributed by atoms with Crippen molar-refractivity contribution in [3.05, 3.63) is 30.0 Å². The number of hydrogen-bond acceptors (Lipinski definition) is 3. The first-order chi connectivity index (χ1) is 9.15. The van der Waals surface area contributed by atoms with E-state index >= 15 is 0 Å². The molecule has 0 aliphatic rings. The molecule has 19 heavy (non-hydrogen) atoms. The third-order valence-corrected chi connectivity index (χ3v) is 3.19. The van der Waals surface area contributed by atoms with Crippen LogP contribution >= 0.6 is 0 Å². The molecular formula is C15H19NO3. The van der Waals surface area contributed by atoms with Crippen LogP contribution in [0, 0.1) is 5.92 Å². The van der Waals surface area contributed by atoms with Gasteiger partial charge in [-0.2, -0.15) is 0 Å². The fourth-order valence-electron chi connectivity index (χ4n) is 2.15. The quantitative estimate of drug-likeness (QED) is 0.842. The summed E-state index contributed by atoms with van der Waals surface area (Å²) in [5, 5.41) is 1.09. The predicted molar refractivity (Wildman–Crippen MR) is 74.4 cm³/mol. The van der Waals surface area contributed by atoms with Crippen LogP contribution in [0.5, 0.6) is 5.75 Å². The molecule has 0 amide bonds. The normalized spacial score (nSPS) is 12.4. The molecule has 0 spiro atoms. The van der Waals surface area contributed by atoms with Crippen LogP contribution in [0.2, 0.25) is 0 Å². The summed E-state index contributed by atoms with van der Waals surface area (Å²) >= 11 is 0. The van der Waals surface area contributed by atoms with Crippen molar-refractivity contribution in [3.63, 3.8) is 0 Å². The van der Waals surface area contributed by atoms with Gasteiger partial charge in [-0.05, 0) is 37.1 Å². The molecule has 1 unspecified atom stereocenters. The Morgan fingerprint density at radius 2 is 2.21 bits per heavy atom. The van der Waals surface area contributed by atoms with Crippen molar-refractivity contribution in [1.29, 1.82) is 0 Å². The van der Waals surface area contributed by atoms with Crippen molar-refractivity contribution < 1.29 is 14.3 Å². The number of fused-ring (bicyclic) bond motifs is 1. The maximum Gasteiger partial charge on any atom is 0.308 e. The maximum absolute atomic E-state index is 11.7. The number of methoxy groups -OCH3 is 1. The lowest BCUT2D eigenvalue weighted by atomic mass is 10.0. The van der Waals surface area contributed by atoms with Gasteiger partial charge in [0.05, 0.1) is 19.6 Å². The first-order valence-corrected chi connectivity index (χ1v) is 6.46. The van der Waals surface area contributed by atoms with Crippen LogP contribution in [0.25, 0.3) is 10.9 Å². The summed E-state index contributed by atoms with van der Waals surface area (Å²) in [5.74, 6) is 0.516. The lowest BCUT2D eigenvalue weighted by molar-refractivity contribution is -0.147. The van der Waals surface area contributed by atoms with E-state index in [0.29, 0.717) is 13.0 Å². The van der Waals surface area contributed by atoms with Crippen molar-refractivity contribution >= 4 is 16.9 Å². The summed E-state index contributed by atoms with van der Waals surface area (Å²) in [5.41, 5.74) is 2.15. The number of nitrogens with one attached hydrogen (secondary N) is 1. The SMILES string of the molecule is CCOC(=O)C(C)Cc1c[nH]c2ccc(OC)cc12. The molecule has 1 N–H and O–H groups in total. The van der Waals surface area contributed by atoms with Gasteiger partial charge < -0.3 is 14.5 Å². The minimum atomic E-state index is -0.153. The molecule has 1 aromatic carbocycles. The van der Waals surface area contributed by atoms with Gasteiger partial charge in [0, 0.05) is 17.1 Å². The standard InChI is InChI=1S/C15H19NO3/c1-4-19-15(17)10(2)7-11-9-16-14-6-5-12(18-3)8-13(11)14/h5-6,8-10,16H,4,7H2,1-3H3. The van der Waals surface area contributed by atoms with Gasteiger partial charge in [0.1, 0.15) is 5.75 Å². The van der Waals surface area contributed by atoms with Crippen molar-refractivity contribution in [2.75, 3.05) is 13.7 Å². The topological polar surface area (TPSA) is 51.3 Å². The van der Waals surface area contributed by atoms with Crippen molar-refractivity contribution in [1.82, 2.24) is 4.98 Å². The summed E-state index contributed by atoms with van der Waals surface area (Å²) in [7, 11) is 1.65. The molecule has 0 aliphatic carbocycles. The minimum absolute atomic E-state index is 0.148. The van der Waals surface area contributed by atoms with Crippen LogP contribution in [-0.2, 0) is 16.0 Å². The highest BCUT2D eigenvalue weighted by molar-refractivity contribution is 5.85. The fraction of sp³-hybridized carbons (Fsp3) is 0.400. The number of aromatic nitrogens is 1. The fourth-order valence-corrected chi connectivity index (χ4v) is 2.15. The average Bonchev–Trinajstić information content (AvgIpc) is 2.81. The molecule has 1 aromatic heterocycles. The van der Waals surface area contributed by atoms with E-state index in [0.717, 1.165) is 22.2 Å². The first-order valence-electron chi connectivity index (χ1n) is 6.46. The zero-order chi connectivity index (χ0) is 13.8. The van der Waals surface area contributed by atoms with Gasteiger partial charge in [0.2, 0.25) is 0 Å². The predicted octanol–water partition coefficient (Wildman–Crippen LogP) is 2.92. The Balaban J connectivity index is 2.22. The second-order valence-electron chi connectivity index (χ2n) is 4.58. The highest BCUT2D eigenvalue weighted by atomic mass is 16.5. The van der Waals surface area contributed by atoms with E-state index in [4.69, 9.17) is 9.47 Å². The van der Waals surface area contributed by atoms with Crippen LogP contribution in [0.1, 0.15) is 19.4 Å². The number of aromatic amines is 1. The number of hydrogen-bond donors (Lipinski definition) is 1. The molecule has 1 heterocycles. The Kier molecular flexibility index (Phi) is 4.10. The van der Waals surface area contributed by atoms with E-state index < -0.39 is 0 Å². The highest BCUT2D eigenvalue weighted by Gasteiger charge is 2.16. The van der Waals surface area contributed by atoms with E-state index in [9.17, 15) is 4.79 Å². The Morgan fingerprint density at radius 1 is 1.42 bits per heavy atom. The number of benzene rings is 1. The molecular weight excluding hydrogens is 242 g/mol. The number of esters is 1. The lowest BCUT2D eigenvalue weighted by Crippen LogP contribution is -2.16. The highest BCUT2D eigenvalue weighted by Crippen LogP contribution is 2.25. The van der Waals surface area contributed by atoms with Gasteiger partial charge in [0.15, 0.2) is 0 Å². The van der Waals surface area contributed by atoms with E-state index in [2.05, 4.69) is 4.98 Å². The lowest BCUT2D eigenvalue weighted by Gasteiger charge is -2.09. The van der Waals surface area contributed by atoms with Crippen LogP contribution in [0.3, 0.4) is 0 Å². The molecule has 0 fully saturated rings. The number of rotatable bonds is 5. The third kappa shape index (κ3) is 2.89. The molecule has 2 rings (SSSR count). The molecule has 4 nitrogen and oxygen atoms in total. The van der Waals surface area contributed by atoms with Crippen LogP contribution in [-0.4, -0.2) is 24.7 Å². The summed E-state index contributed by atoms with van der Waals surface area (Å²) in [6, 6.07) is 5.88. The minimum Gasteiger partial charge on any atom is -0.497 e. The van der Waals surface area contributed by atoms with E-state index in [1.807, 2.05) is 38.2 Å². The summed E-state index contributed by atoms with van der Waals surface area (Å²) in [6.45, 7) is 4.13. The van der Waals surface area contributed by atoms with Gasteiger partial charge in [-0.15, -0.1) is 0 Å². The molecule has 0 saturated heterocycles. The summed E-state index contributed by atoms with van der Waals surface area (Å²) in [6.07, 6.45) is 2.60. The van der Waals surface area contributed by atoms with Gasteiger partial charge >= 0.3 is 5.97 Å².